The van der Waals surface area contributed by atoms with Gasteiger partial charge in [0.05, 0.1) is 11.9 Å². The number of carbonyl (C=O) groups is 1. The average Bonchev–Trinajstić information content (AvgIpc) is 2.45. The number of aryl methyl sites for hydroxylation is 1. The van der Waals surface area contributed by atoms with Crippen molar-refractivity contribution in [3.63, 3.8) is 0 Å². The Bertz CT molecular complexity index is 598. The molecule has 20 heavy (non-hydrogen) atoms. The van der Waals surface area contributed by atoms with Crippen molar-refractivity contribution in [1.29, 1.82) is 0 Å². The van der Waals surface area contributed by atoms with Crippen molar-refractivity contribution in [1.82, 2.24) is 14.9 Å². The number of aromatic nitrogens is 2. The molecular weight excluding hydrogens is 257 g/mol. The van der Waals surface area contributed by atoms with E-state index in [9.17, 15) is 9.18 Å². The molecule has 0 N–H and O–H groups in total. The fourth-order valence-corrected chi connectivity index (χ4v) is 1.85. The van der Waals surface area contributed by atoms with Crippen molar-refractivity contribution in [3.05, 3.63) is 59.4 Å². The normalized spacial score (nSPS) is 10.3. The van der Waals surface area contributed by atoms with Gasteiger partial charge in [0.1, 0.15) is 11.5 Å². The highest BCUT2D eigenvalue weighted by atomic mass is 19.1. The third-order valence-corrected chi connectivity index (χ3v) is 2.93. The Morgan fingerprint density at radius 2 is 2.10 bits per heavy atom. The van der Waals surface area contributed by atoms with Crippen molar-refractivity contribution < 1.29 is 9.18 Å². The van der Waals surface area contributed by atoms with Gasteiger partial charge in [0.15, 0.2) is 0 Å². The summed E-state index contributed by atoms with van der Waals surface area (Å²) in [6.45, 7) is 4.55. The molecule has 0 saturated carbocycles. The summed E-state index contributed by atoms with van der Waals surface area (Å²) in [5, 5.41) is 0. The summed E-state index contributed by atoms with van der Waals surface area (Å²) in [6.07, 6.45) is 3.02. The summed E-state index contributed by atoms with van der Waals surface area (Å²) >= 11 is 0. The number of benzene rings is 1. The van der Waals surface area contributed by atoms with Crippen LogP contribution in [-0.2, 0) is 6.54 Å². The monoisotopic (exact) mass is 273 g/mol. The van der Waals surface area contributed by atoms with Crippen LogP contribution in [0.1, 0.15) is 28.7 Å². The maximum atomic E-state index is 13.2. The summed E-state index contributed by atoms with van der Waals surface area (Å²) in [5.74, 6) is -0.509. The lowest BCUT2D eigenvalue weighted by molar-refractivity contribution is 0.0746. The highest BCUT2D eigenvalue weighted by Crippen LogP contribution is 2.10. The second kappa shape index (κ2) is 6.23. The van der Waals surface area contributed by atoms with E-state index in [1.807, 2.05) is 13.8 Å². The smallest absolute Gasteiger partial charge is 0.274 e. The van der Waals surface area contributed by atoms with E-state index in [1.54, 1.807) is 23.2 Å². The van der Waals surface area contributed by atoms with Gasteiger partial charge in [-0.3, -0.25) is 9.78 Å². The molecule has 0 aliphatic carbocycles. The third kappa shape index (κ3) is 3.38. The van der Waals surface area contributed by atoms with Gasteiger partial charge in [-0.2, -0.15) is 0 Å². The Balaban J connectivity index is 2.15. The van der Waals surface area contributed by atoms with Crippen molar-refractivity contribution in [2.45, 2.75) is 20.4 Å². The van der Waals surface area contributed by atoms with Crippen LogP contribution in [0.2, 0.25) is 0 Å². The molecule has 4 nitrogen and oxygen atoms in total. The zero-order valence-corrected chi connectivity index (χ0v) is 11.5. The predicted octanol–water partition coefficient (Wildman–Crippen LogP) is 2.59. The molecule has 0 aliphatic heterocycles. The minimum atomic E-state index is -0.305. The number of carbonyl (C=O) groups excluding carboxylic acids is 1. The second-order valence-corrected chi connectivity index (χ2v) is 4.49. The van der Waals surface area contributed by atoms with Gasteiger partial charge < -0.3 is 4.90 Å². The maximum Gasteiger partial charge on any atom is 0.274 e. The maximum absolute atomic E-state index is 13.2. The molecule has 0 radical (unpaired) electrons. The molecule has 2 rings (SSSR count). The van der Waals surface area contributed by atoms with E-state index in [4.69, 9.17) is 0 Å². The van der Waals surface area contributed by atoms with Gasteiger partial charge in [-0.05, 0) is 31.5 Å². The SMILES string of the molecule is CCN(Cc1cccc(F)c1)C(=O)c1cnc(C)cn1. The van der Waals surface area contributed by atoms with E-state index in [-0.39, 0.29) is 11.7 Å². The zero-order valence-electron chi connectivity index (χ0n) is 11.5. The zero-order chi connectivity index (χ0) is 14.5. The van der Waals surface area contributed by atoms with Gasteiger partial charge >= 0.3 is 0 Å². The van der Waals surface area contributed by atoms with Gasteiger partial charge in [-0.1, -0.05) is 12.1 Å². The van der Waals surface area contributed by atoms with Crippen molar-refractivity contribution >= 4 is 5.91 Å². The van der Waals surface area contributed by atoms with Crippen LogP contribution in [0.3, 0.4) is 0 Å². The number of hydrogen-bond acceptors (Lipinski definition) is 3. The van der Waals surface area contributed by atoms with Gasteiger partial charge in [0.25, 0.3) is 5.91 Å². The van der Waals surface area contributed by atoms with Crippen LogP contribution < -0.4 is 0 Å². The fourth-order valence-electron chi connectivity index (χ4n) is 1.85. The molecule has 5 heteroatoms. The molecule has 0 unspecified atom stereocenters. The van der Waals surface area contributed by atoms with Crippen molar-refractivity contribution in [2.75, 3.05) is 6.54 Å². The highest BCUT2D eigenvalue weighted by molar-refractivity contribution is 5.91. The van der Waals surface area contributed by atoms with E-state index >= 15 is 0 Å². The first kappa shape index (κ1) is 14.1. The lowest BCUT2D eigenvalue weighted by atomic mass is 10.2. The molecule has 0 saturated heterocycles. The molecule has 1 aromatic heterocycles. The van der Waals surface area contributed by atoms with Gasteiger partial charge in [0, 0.05) is 19.3 Å². The number of halogens is 1. The molecule has 1 amide bonds. The summed E-state index contributed by atoms with van der Waals surface area (Å²) in [7, 11) is 0. The Morgan fingerprint density at radius 1 is 1.30 bits per heavy atom. The minimum absolute atomic E-state index is 0.204. The topological polar surface area (TPSA) is 46.1 Å². The molecule has 104 valence electrons. The minimum Gasteiger partial charge on any atom is -0.333 e. The standard InChI is InChI=1S/C15H16FN3O/c1-3-19(10-12-5-4-6-13(16)7-12)15(20)14-9-17-11(2)8-18-14/h4-9H,3,10H2,1-2H3. The average molecular weight is 273 g/mol. The summed E-state index contributed by atoms with van der Waals surface area (Å²) in [6, 6.07) is 6.23. The summed E-state index contributed by atoms with van der Waals surface area (Å²) in [5.41, 5.74) is 1.81. The van der Waals surface area contributed by atoms with Gasteiger partial charge in [-0.15, -0.1) is 0 Å². The highest BCUT2D eigenvalue weighted by Gasteiger charge is 2.16. The van der Waals surface area contributed by atoms with E-state index in [2.05, 4.69) is 9.97 Å². The second-order valence-electron chi connectivity index (χ2n) is 4.49. The van der Waals surface area contributed by atoms with Crippen LogP contribution in [0.25, 0.3) is 0 Å². The molecule has 1 heterocycles. The first-order valence-corrected chi connectivity index (χ1v) is 6.42. The Labute approximate surface area is 117 Å². The molecule has 2 aromatic rings. The Kier molecular flexibility index (Phi) is 4.40. The number of hydrogen-bond donors (Lipinski definition) is 0. The number of nitrogens with zero attached hydrogens (tertiary/aromatic N) is 3. The van der Waals surface area contributed by atoms with E-state index in [0.29, 0.717) is 18.8 Å². The first-order chi connectivity index (χ1) is 9.60. The number of amides is 1. The lowest BCUT2D eigenvalue weighted by Crippen LogP contribution is -2.31. The molecule has 0 aliphatic rings. The first-order valence-electron chi connectivity index (χ1n) is 6.42. The molecular formula is C15H16FN3O. The van der Waals surface area contributed by atoms with Gasteiger partial charge in [0.2, 0.25) is 0 Å². The van der Waals surface area contributed by atoms with Crippen LogP contribution in [0.5, 0.6) is 0 Å². The van der Waals surface area contributed by atoms with E-state index in [0.717, 1.165) is 11.3 Å². The van der Waals surface area contributed by atoms with E-state index in [1.165, 1.54) is 18.3 Å². The lowest BCUT2D eigenvalue weighted by Gasteiger charge is -2.20. The Hall–Kier alpha value is -2.30. The van der Waals surface area contributed by atoms with Crippen LogP contribution in [0.15, 0.2) is 36.7 Å². The van der Waals surface area contributed by atoms with E-state index < -0.39 is 0 Å². The largest absolute Gasteiger partial charge is 0.333 e. The van der Waals surface area contributed by atoms with Crippen LogP contribution in [0.4, 0.5) is 4.39 Å². The van der Waals surface area contributed by atoms with Crippen molar-refractivity contribution in [3.8, 4) is 0 Å². The molecule has 0 atom stereocenters. The fraction of sp³-hybridized carbons (Fsp3) is 0.267. The number of rotatable bonds is 4. The van der Waals surface area contributed by atoms with Crippen LogP contribution in [-0.4, -0.2) is 27.3 Å². The molecule has 0 fully saturated rings. The third-order valence-electron chi connectivity index (χ3n) is 2.93. The predicted molar refractivity (Wildman–Crippen MR) is 73.6 cm³/mol. The summed E-state index contributed by atoms with van der Waals surface area (Å²) in [4.78, 5) is 22.1. The van der Waals surface area contributed by atoms with Crippen molar-refractivity contribution in [2.24, 2.45) is 0 Å². The van der Waals surface area contributed by atoms with Gasteiger partial charge in [-0.25, -0.2) is 9.37 Å². The molecule has 0 bridgehead atoms. The molecule has 1 aromatic carbocycles. The molecule has 0 spiro atoms. The van der Waals surface area contributed by atoms with Crippen LogP contribution in [0, 0.1) is 12.7 Å². The van der Waals surface area contributed by atoms with Crippen LogP contribution >= 0.6 is 0 Å². The quantitative estimate of drug-likeness (QED) is 0.860. The summed E-state index contributed by atoms with van der Waals surface area (Å²) < 4.78 is 13.2. The Morgan fingerprint density at radius 3 is 2.70 bits per heavy atom.